The minimum absolute atomic E-state index is 0.0605. The van der Waals surface area contributed by atoms with E-state index in [1.165, 1.54) is 0 Å². The molecular weight excluding hydrogens is 330 g/mol. The molecule has 0 aliphatic carbocycles. The quantitative estimate of drug-likeness (QED) is 0.704. The molecule has 4 heteroatoms. The van der Waals surface area contributed by atoms with Crippen LogP contribution in [-0.4, -0.2) is 11.7 Å². The number of benzene rings is 2. The van der Waals surface area contributed by atoms with Gasteiger partial charge in [0.15, 0.2) is 0 Å². The Balaban J connectivity index is 2.51. The smallest absolute Gasteiger partial charge is 0.265 e. The van der Waals surface area contributed by atoms with Gasteiger partial charge in [-0.25, -0.2) is 0 Å². The number of methoxy groups -OCH3 is 1. The Bertz CT molecular complexity index is 884. The Labute approximate surface area is 130 Å². The molecule has 0 bridgehead atoms. The van der Waals surface area contributed by atoms with E-state index < -0.39 is 0 Å². The van der Waals surface area contributed by atoms with E-state index >= 15 is 0 Å². The number of ether oxygens (including phenoxy) is 1. The molecule has 3 aromatic rings. The van der Waals surface area contributed by atoms with Crippen molar-refractivity contribution in [3.8, 4) is 16.9 Å². The Morgan fingerprint density at radius 3 is 2.48 bits per heavy atom. The molecule has 2 aromatic carbocycles. The average molecular weight is 344 g/mol. The van der Waals surface area contributed by atoms with E-state index in [1.54, 1.807) is 18.7 Å². The second-order valence-electron chi connectivity index (χ2n) is 4.77. The molecule has 0 aliphatic rings. The molecule has 106 valence electrons. The van der Waals surface area contributed by atoms with E-state index in [9.17, 15) is 4.79 Å². The minimum atomic E-state index is -0.0605. The first kappa shape index (κ1) is 13.9. The molecule has 0 unspecified atom stereocenters. The fourth-order valence-electron chi connectivity index (χ4n) is 2.57. The van der Waals surface area contributed by atoms with Crippen LogP contribution in [0.5, 0.6) is 5.75 Å². The van der Waals surface area contributed by atoms with Gasteiger partial charge in [0.05, 0.1) is 17.1 Å². The number of pyridine rings is 1. The average Bonchev–Trinajstić information content (AvgIpc) is 2.53. The molecule has 0 N–H and O–H groups in total. The molecule has 0 saturated heterocycles. The lowest BCUT2D eigenvalue weighted by molar-refractivity contribution is 0.416. The summed E-state index contributed by atoms with van der Waals surface area (Å²) in [5.41, 5.74) is 2.60. The van der Waals surface area contributed by atoms with Crippen LogP contribution < -0.4 is 10.3 Å². The van der Waals surface area contributed by atoms with Crippen molar-refractivity contribution < 1.29 is 4.74 Å². The van der Waals surface area contributed by atoms with Crippen molar-refractivity contribution in [2.24, 2.45) is 7.05 Å². The van der Waals surface area contributed by atoms with Crippen LogP contribution in [0.1, 0.15) is 0 Å². The molecule has 0 spiro atoms. The molecule has 3 rings (SSSR count). The van der Waals surface area contributed by atoms with Crippen LogP contribution in [0.4, 0.5) is 0 Å². The Hall–Kier alpha value is -2.07. The molecule has 0 aliphatic heterocycles. The summed E-state index contributed by atoms with van der Waals surface area (Å²) in [6.07, 6.45) is 0. The predicted octanol–water partition coefficient (Wildman–Crippen LogP) is 3.98. The summed E-state index contributed by atoms with van der Waals surface area (Å²) >= 11 is 3.46. The third-order valence-electron chi connectivity index (χ3n) is 3.62. The largest absolute Gasteiger partial charge is 0.496 e. The van der Waals surface area contributed by atoms with Gasteiger partial charge in [-0.2, -0.15) is 0 Å². The first-order valence-electron chi connectivity index (χ1n) is 6.55. The fraction of sp³-hybridized carbons (Fsp3) is 0.118. The summed E-state index contributed by atoms with van der Waals surface area (Å²) in [6.45, 7) is 0. The van der Waals surface area contributed by atoms with E-state index in [4.69, 9.17) is 4.74 Å². The zero-order valence-electron chi connectivity index (χ0n) is 11.8. The summed E-state index contributed by atoms with van der Waals surface area (Å²) < 4.78 is 7.64. The first-order valence-corrected chi connectivity index (χ1v) is 7.35. The lowest BCUT2D eigenvalue weighted by Gasteiger charge is -2.15. The van der Waals surface area contributed by atoms with Crippen molar-refractivity contribution in [2.45, 2.75) is 0 Å². The molecule has 0 amide bonds. The maximum absolute atomic E-state index is 12.5. The van der Waals surface area contributed by atoms with E-state index in [-0.39, 0.29) is 5.56 Å². The van der Waals surface area contributed by atoms with Gasteiger partial charge in [0.2, 0.25) is 0 Å². The van der Waals surface area contributed by atoms with E-state index in [2.05, 4.69) is 15.9 Å². The second-order valence-corrected chi connectivity index (χ2v) is 5.56. The highest BCUT2D eigenvalue weighted by atomic mass is 79.9. The second kappa shape index (κ2) is 5.37. The number of hydrogen-bond acceptors (Lipinski definition) is 2. The van der Waals surface area contributed by atoms with Crippen LogP contribution in [0.15, 0.2) is 57.8 Å². The lowest BCUT2D eigenvalue weighted by Crippen LogP contribution is -2.18. The molecule has 0 atom stereocenters. The summed E-state index contributed by atoms with van der Waals surface area (Å²) in [5, 5.41) is 1.01. The van der Waals surface area contributed by atoms with E-state index in [1.807, 2.05) is 48.5 Å². The van der Waals surface area contributed by atoms with Crippen molar-refractivity contribution in [2.75, 3.05) is 7.11 Å². The van der Waals surface area contributed by atoms with Crippen molar-refractivity contribution in [1.29, 1.82) is 0 Å². The third-order valence-corrected chi connectivity index (χ3v) is 4.36. The van der Waals surface area contributed by atoms with Gasteiger partial charge in [0.25, 0.3) is 5.56 Å². The highest BCUT2D eigenvalue weighted by Crippen LogP contribution is 2.38. The van der Waals surface area contributed by atoms with Gasteiger partial charge in [0.1, 0.15) is 5.75 Å². The van der Waals surface area contributed by atoms with Crippen molar-refractivity contribution >= 4 is 26.8 Å². The number of para-hydroxylation sites is 2. The number of halogens is 1. The summed E-state index contributed by atoms with van der Waals surface area (Å²) in [5.74, 6) is 0.747. The number of hydrogen-bond donors (Lipinski definition) is 0. The van der Waals surface area contributed by atoms with Gasteiger partial charge in [-0.15, -0.1) is 0 Å². The Morgan fingerprint density at radius 2 is 1.71 bits per heavy atom. The van der Waals surface area contributed by atoms with Gasteiger partial charge in [-0.1, -0.05) is 36.4 Å². The summed E-state index contributed by atoms with van der Waals surface area (Å²) in [6, 6.07) is 15.6. The van der Waals surface area contributed by atoms with Crippen molar-refractivity contribution in [1.82, 2.24) is 4.57 Å². The van der Waals surface area contributed by atoms with Crippen molar-refractivity contribution in [3.05, 3.63) is 63.4 Å². The van der Waals surface area contributed by atoms with Gasteiger partial charge in [-0.05, 0) is 28.1 Å². The Morgan fingerprint density at radius 1 is 1.05 bits per heavy atom. The van der Waals surface area contributed by atoms with Crippen LogP contribution in [0.3, 0.4) is 0 Å². The van der Waals surface area contributed by atoms with Gasteiger partial charge in [0, 0.05) is 23.6 Å². The van der Waals surface area contributed by atoms with E-state index in [0.717, 1.165) is 27.8 Å². The van der Waals surface area contributed by atoms with Crippen LogP contribution in [0.25, 0.3) is 22.0 Å². The number of aryl methyl sites for hydroxylation is 1. The maximum Gasteiger partial charge on any atom is 0.265 e. The molecule has 3 nitrogen and oxygen atoms in total. The normalized spacial score (nSPS) is 10.8. The highest BCUT2D eigenvalue weighted by molar-refractivity contribution is 9.10. The molecule has 1 aromatic heterocycles. The fourth-order valence-corrected chi connectivity index (χ4v) is 3.27. The predicted molar refractivity (Wildman–Crippen MR) is 88.9 cm³/mol. The standard InChI is InChI=1S/C17H14BrNO2/c1-19-13-9-5-3-7-11(13)15(16(18)17(19)20)12-8-4-6-10-14(12)21-2/h3-10H,1-2H3. The highest BCUT2D eigenvalue weighted by Gasteiger charge is 2.17. The number of fused-ring (bicyclic) bond motifs is 1. The number of nitrogens with zero attached hydrogens (tertiary/aromatic N) is 1. The van der Waals surface area contributed by atoms with Gasteiger partial charge in [-0.3, -0.25) is 4.79 Å². The van der Waals surface area contributed by atoms with Gasteiger partial charge < -0.3 is 9.30 Å². The molecule has 0 fully saturated rings. The zero-order chi connectivity index (χ0) is 15.0. The zero-order valence-corrected chi connectivity index (χ0v) is 13.3. The summed E-state index contributed by atoms with van der Waals surface area (Å²) in [7, 11) is 3.41. The van der Waals surface area contributed by atoms with Crippen LogP contribution in [0.2, 0.25) is 0 Å². The van der Waals surface area contributed by atoms with Crippen LogP contribution >= 0.6 is 15.9 Å². The van der Waals surface area contributed by atoms with Crippen LogP contribution in [0, 0.1) is 0 Å². The first-order chi connectivity index (χ1) is 10.1. The number of aromatic nitrogens is 1. The maximum atomic E-state index is 12.5. The topological polar surface area (TPSA) is 31.2 Å². The Kier molecular flexibility index (Phi) is 3.55. The summed E-state index contributed by atoms with van der Waals surface area (Å²) in [4.78, 5) is 12.5. The minimum Gasteiger partial charge on any atom is -0.496 e. The number of rotatable bonds is 2. The monoisotopic (exact) mass is 343 g/mol. The lowest BCUT2D eigenvalue weighted by atomic mass is 10.00. The van der Waals surface area contributed by atoms with E-state index in [0.29, 0.717) is 4.47 Å². The molecule has 21 heavy (non-hydrogen) atoms. The van der Waals surface area contributed by atoms with Crippen LogP contribution in [-0.2, 0) is 7.05 Å². The SMILES string of the molecule is COc1ccccc1-c1c(Br)c(=O)n(C)c2ccccc12. The van der Waals surface area contributed by atoms with Crippen molar-refractivity contribution in [3.63, 3.8) is 0 Å². The molecule has 0 radical (unpaired) electrons. The van der Waals surface area contributed by atoms with Gasteiger partial charge >= 0.3 is 0 Å². The third kappa shape index (κ3) is 2.16. The molecular formula is C17H14BrNO2. The molecule has 1 heterocycles. The molecule has 0 saturated carbocycles.